The molecule has 1 N–H and O–H groups in total. The van der Waals surface area contributed by atoms with Crippen molar-refractivity contribution < 1.29 is 13.9 Å². The maximum atomic E-state index is 13.1. The lowest BCUT2D eigenvalue weighted by atomic mass is 9.97. The zero-order chi connectivity index (χ0) is 23.0. The first kappa shape index (κ1) is 22.7. The van der Waals surface area contributed by atoms with Crippen LogP contribution in [0.1, 0.15) is 31.7 Å². The lowest BCUT2D eigenvalue weighted by molar-refractivity contribution is -0.125. The highest BCUT2D eigenvalue weighted by Gasteiger charge is 2.27. The number of anilines is 1. The third-order valence-corrected chi connectivity index (χ3v) is 5.75. The fourth-order valence-corrected chi connectivity index (χ4v) is 3.91. The fourth-order valence-electron chi connectivity index (χ4n) is 3.91. The minimum Gasteiger partial charge on any atom is -0.494 e. The Kier molecular flexibility index (Phi) is 7.50. The van der Waals surface area contributed by atoms with Gasteiger partial charge in [-0.05, 0) is 54.7 Å². The first-order chi connectivity index (χ1) is 16.1. The summed E-state index contributed by atoms with van der Waals surface area (Å²) in [6.45, 7) is 4.68. The monoisotopic (exact) mass is 448 g/mol. The maximum absolute atomic E-state index is 13.1. The van der Waals surface area contributed by atoms with E-state index in [0.717, 1.165) is 48.2 Å². The van der Waals surface area contributed by atoms with Crippen molar-refractivity contribution in [3.05, 3.63) is 72.3 Å². The fraction of sp³-hybridized carbons (Fsp3) is 0.346. The molecule has 0 spiro atoms. The van der Waals surface area contributed by atoms with Gasteiger partial charge in [0.1, 0.15) is 11.6 Å². The number of halogens is 1. The quantitative estimate of drug-likeness (QED) is 0.545. The molecule has 172 valence electrons. The van der Waals surface area contributed by atoms with Gasteiger partial charge in [0.05, 0.1) is 12.5 Å². The van der Waals surface area contributed by atoms with E-state index in [1.165, 1.54) is 12.1 Å². The second-order valence-corrected chi connectivity index (χ2v) is 8.27. The molecule has 1 aliphatic rings. The summed E-state index contributed by atoms with van der Waals surface area (Å²) in [5.74, 6) is 1.13. The molecule has 1 amide bonds. The molecule has 4 rings (SSSR count). The van der Waals surface area contributed by atoms with E-state index >= 15 is 0 Å². The second-order valence-electron chi connectivity index (χ2n) is 8.27. The van der Waals surface area contributed by atoms with Crippen molar-refractivity contribution in [3.63, 3.8) is 0 Å². The Morgan fingerprint density at radius 1 is 1.09 bits per heavy atom. The number of hydrogen-bond donors (Lipinski definition) is 1. The van der Waals surface area contributed by atoms with Crippen molar-refractivity contribution in [1.82, 2.24) is 15.3 Å². The molecule has 0 saturated carbocycles. The standard InChI is InChI=1S/C26H29FN4O2/c1-2-14-33-24-11-5-19(6-12-24)15-28-25(32)21-4-3-13-31(18-21)26-29-16-22(17-30-26)20-7-9-23(27)10-8-20/h5-12,16-17,21H,2-4,13-15,18H2,1H3,(H,28,32)/t21-/m1/s1. The van der Waals surface area contributed by atoms with Gasteiger partial charge in [-0.15, -0.1) is 0 Å². The van der Waals surface area contributed by atoms with Crippen molar-refractivity contribution >= 4 is 11.9 Å². The van der Waals surface area contributed by atoms with E-state index in [2.05, 4.69) is 27.1 Å². The van der Waals surface area contributed by atoms with Gasteiger partial charge in [0.25, 0.3) is 0 Å². The molecular formula is C26H29FN4O2. The molecule has 0 bridgehead atoms. The van der Waals surface area contributed by atoms with E-state index < -0.39 is 0 Å². The van der Waals surface area contributed by atoms with Crippen molar-refractivity contribution in [3.8, 4) is 16.9 Å². The van der Waals surface area contributed by atoms with Crippen LogP contribution in [0.5, 0.6) is 5.75 Å². The minimum atomic E-state index is -0.271. The highest BCUT2D eigenvalue weighted by Crippen LogP contribution is 2.23. The smallest absolute Gasteiger partial charge is 0.225 e. The van der Waals surface area contributed by atoms with Gasteiger partial charge in [-0.2, -0.15) is 0 Å². The van der Waals surface area contributed by atoms with Gasteiger partial charge >= 0.3 is 0 Å². The van der Waals surface area contributed by atoms with Crippen molar-refractivity contribution in [1.29, 1.82) is 0 Å². The average Bonchev–Trinajstić information content (AvgIpc) is 2.87. The zero-order valence-corrected chi connectivity index (χ0v) is 18.8. The molecule has 1 aromatic heterocycles. The van der Waals surface area contributed by atoms with E-state index in [1.54, 1.807) is 24.5 Å². The molecule has 2 aromatic carbocycles. The van der Waals surface area contributed by atoms with Crippen molar-refractivity contribution in [2.75, 3.05) is 24.6 Å². The lowest BCUT2D eigenvalue weighted by Gasteiger charge is -2.32. The zero-order valence-electron chi connectivity index (χ0n) is 18.8. The van der Waals surface area contributed by atoms with Crippen LogP contribution in [0, 0.1) is 11.7 Å². The molecule has 1 aliphatic heterocycles. The Labute approximate surface area is 193 Å². The number of aromatic nitrogens is 2. The number of benzene rings is 2. The Hall–Kier alpha value is -3.48. The van der Waals surface area contributed by atoms with E-state index in [0.29, 0.717) is 25.6 Å². The summed E-state index contributed by atoms with van der Waals surface area (Å²) in [7, 11) is 0. The Morgan fingerprint density at radius 3 is 2.52 bits per heavy atom. The van der Waals surface area contributed by atoms with Gasteiger partial charge in [0, 0.05) is 37.6 Å². The Balaban J connectivity index is 1.31. The van der Waals surface area contributed by atoms with Crippen LogP contribution >= 0.6 is 0 Å². The molecule has 1 saturated heterocycles. The predicted molar refractivity (Wildman–Crippen MR) is 126 cm³/mol. The summed E-state index contributed by atoms with van der Waals surface area (Å²) in [4.78, 5) is 23.8. The molecule has 1 atom stereocenters. The number of carbonyl (C=O) groups excluding carboxylic acids is 1. The molecule has 33 heavy (non-hydrogen) atoms. The summed E-state index contributed by atoms with van der Waals surface area (Å²) in [5.41, 5.74) is 2.74. The lowest BCUT2D eigenvalue weighted by Crippen LogP contribution is -2.43. The maximum Gasteiger partial charge on any atom is 0.225 e. The largest absolute Gasteiger partial charge is 0.494 e. The van der Waals surface area contributed by atoms with Gasteiger partial charge in [0.15, 0.2) is 0 Å². The van der Waals surface area contributed by atoms with Crippen LogP contribution < -0.4 is 15.0 Å². The number of nitrogens with one attached hydrogen (secondary N) is 1. The van der Waals surface area contributed by atoms with Crippen LogP contribution in [0.25, 0.3) is 11.1 Å². The van der Waals surface area contributed by atoms with Crippen molar-refractivity contribution in [2.24, 2.45) is 5.92 Å². The van der Waals surface area contributed by atoms with Crippen LogP contribution in [0.15, 0.2) is 60.9 Å². The number of ether oxygens (including phenoxy) is 1. The highest BCUT2D eigenvalue weighted by atomic mass is 19.1. The second kappa shape index (κ2) is 10.9. The van der Waals surface area contributed by atoms with Crippen LogP contribution in [0.3, 0.4) is 0 Å². The third-order valence-electron chi connectivity index (χ3n) is 5.75. The summed E-state index contributed by atoms with van der Waals surface area (Å²) in [6, 6.07) is 14.1. The molecule has 7 heteroatoms. The van der Waals surface area contributed by atoms with Crippen LogP contribution in [0.2, 0.25) is 0 Å². The summed E-state index contributed by atoms with van der Waals surface area (Å²) >= 11 is 0. The number of piperidine rings is 1. The van der Waals surface area contributed by atoms with Gasteiger partial charge in [-0.1, -0.05) is 31.2 Å². The summed E-state index contributed by atoms with van der Waals surface area (Å²) < 4.78 is 18.7. The molecule has 0 radical (unpaired) electrons. The van der Waals surface area contributed by atoms with Gasteiger partial charge in [-0.3, -0.25) is 4.79 Å². The number of amides is 1. The van der Waals surface area contributed by atoms with Gasteiger partial charge in [0.2, 0.25) is 11.9 Å². The molecule has 0 aliphatic carbocycles. The topological polar surface area (TPSA) is 67.3 Å². The SMILES string of the molecule is CCCOc1ccc(CNC(=O)[C@@H]2CCCN(c3ncc(-c4ccc(F)cc4)cn3)C2)cc1. The predicted octanol–water partition coefficient (Wildman–Crippen LogP) is 4.60. The molecule has 2 heterocycles. The Bertz CT molecular complexity index is 1040. The number of nitrogens with zero attached hydrogens (tertiary/aromatic N) is 3. The molecule has 3 aromatic rings. The average molecular weight is 449 g/mol. The molecule has 0 unspecified atom stereocenters. The van der Waals surface area contributed by atoms with E-state index in [4.69, 9.17) is 4.74 Å². The van der Waals surface area contributed by atoms with Crippen LogP contribution in [-0.4, -0.2) is 35.6 Å². The summed E-state index contributed by atoms with van der Waals surface area (Å²) in [6.07, 6.45) is 6.21. The van der Waals surface area contributed by atoms with Gasteiger partial charge < -0.3 is 15.0 Å². The number of rotatable bonds is 8. The minimum absolute atomic E-state index is 0.0499. The van der Waals surface area contributed by atoms with E-state index in [-0.39, 0.29) is 17.6 Å². The molecule has 6 nitrogen and oxygen atoms in total. The van der Waals surface area contributed by atoms with Crippen LogP contribution in [-0.2, 0) is 11.3 Å². The first-order valence-corrected chi connectivity index (χ1v) is 11.4. The van der Waals surface area contributed by atoms with Gasteiger partial charge in [-0.25, -0.2) is 14.4 Å². The third kappa shape index (κ3) is 6.06. The normalized spacial score (nSPS) is 15.8. The van der Waals surface area contributed by atoms with Crippen LogP contribution in [0.4, 0.5) is 10.3 Å². The molecular weight excluding hydrogens is 419 g/mol. The Morgan fingerprint density at radius 2 is 1.82 bits per heavy atom. The number of hydrogen-bond acceptors (Lipinski definition) is 5. The number of carbonyl (C=O) groups is 1. The first-order valence-electron chi connectivity index (χ1n) is 11.4. The van der Waals surface area contributed by atoms with E-state index in [9.17, 15) is 9.18 Å². The molecule has 1 fully saturated rings. The highest BCUT2D eigenvalue weighted by molar-refractivity contribution is 5.79. The van der Waals surface area contributed by atoms with E-state index in [1.807, 2.05) is 24.3 Å². The van der Waals surface area contributed by atoms with Crippen molar-refractivity contribution in [2.45, 2.75) is 32.7 Å². The summed E-state index contributed by atoms with van der Waals surface area (Å²) in [5, 5.41) is 3.06.